The van der Waals surface area contributed by atoms with Crippen molar-refractivity contribution in [3.63, 3.8) is 0 Å². The standard InChI is InChI=1S/C13H17N3/c1-11(7-12-5-3-2-4-6-12)15-9-13-8-14-10-16-13/h2-6,8,10-11,15H,7,9H2,1H3,(H,14,16). The summed E-state index contributed by atoms with van der Waals surface area (Å²) in [5.41, 5.74) is 2.49. The van der Waals surface area contributed by atoms with Crippen LogP contribution in [-0.4, -0.2) is 16.0 Å². The minimum Gasteiger partial charge on any atom is -0.347 e. The average molecular weight is 215 g/mol. The van der Waals surface area contributed by atoms with Gasteiger partial charge in [0.05, 0.1) is 6.33 Å². The lowest BCUT2D eigenvalue weighted by atomic mass is 10.1. The number of benzene rings is 1. The van der Waals surface area contributed by atoms with Gasteiger partial charge in [-0.1, -0.05) is 30.3 Å². The maximum Gasteiger partial charge on any atom is 0.0922 e. The number of aromatic nitrogens is 2. The Labute approximate surface area is 95.9 Å². The largest absolute Gasteiger partial charge is 0.347 e. The molecule has 0 aliphatic carbocycles. The molecule has 3 nitrogen and oxygen atoms in total. The number of rotatable bonds is 5. The Balaban J connectivity index is 1.78. The van der Waals surface area contributed by atoms with Gasteiger partial charge in [-0.25, -0.2) is 4.98 Å². The number of hydrogen-bond donors (Lipinski definition) is 2. The van der Waals surface area contributed by atoms with E-state index in [9.17, 15) is 0 Å². The van der Waals surface area contributed by atoms with Gasteiger partial charge in [0.2, 0.25) is 0 Å². The lowest BCUT2D eigenvalue weighted by Gasteiger charge is -2.12. The first-order valence-corrected chi connectivity index (χ1v) is 5.59. The third-order valence-corrected chi connectivity index (χ3v) is 2.58. The normalized spacial score (nSPS) is 12.6. The Morgan fingerprint density at radius 2 is 2.12 bits per heavy atom. The second kappa shape index (κ2) is 5.47. The molecule has 0 spiro atoms. The van der Waals surface area contributed by atoms with Crippen molar-refractivity contribution in [2.45, 2.75) is 25.9 Å². The fourth-order valence-electron chi connectivity index (χ4n) is 1.71. The molecule has 0 fully saturated rings. The minimum atomic E-state index is 0.464. The molecule has 0 radical (unpaired) electrons. The summed E-state index contributed by atoms with van der Waals surface area (Å²) in [7, 11) is 0. The van der Waals surface area contributed by atoms with Crippen molar-refractivity contribution in [3.05, 3.63) is 54.1 Å². The average Bonchev–Trinajstić information content (AvgIpc) is 2.81. The van der Waals surface area contributed by atoms with Crippen molar-refractivity contribution in [1.82, 2.24) is 15.3 Å². The first-order valence-electron chi connectivity index (χ1n) is 5.59. The van der Waals surface area contributed by atoms with Crippen LogP contribution in [0.15, 0.2) is 42.9 Å². The van der Waals surface area contributed by atoms with Crippen LogP contribution in [0.3, 0.4) is 0 Å². The molecule has 0 aliphatic rings. The number of imidazole rings is 1. The van der Waals surface area contributed by atoms with Crippen LogP contribution in [-0.2, 0) is 13.0 Å². The molecule has 84 valence electrons. The van der Waals surface area contributed by atoms with E-state index in [1.165, 1.54) is 5.56 Å². The van der Waals surface area contributed by atoms with Gasteiger partial charge >= 0.3 is 0 Å². The van der Waals surface area contributed by atoms with E-state index < -0.39 is 0 Å². The van der Waals surface area contributed by atoms with Gasteiger partial charge in [0.1, 0.15) is 0 Å². The summed E-state index contributed by atoms with van der Waals surface area (Å²) in [5, 5.41) is 3.46. The molecule has 1 unspecified atom stereocenters. The fourth-order valence-corrected chi connectivity index (χ4v) is 1.71. The van der Waals surface area contributed by atoms with Gasteiger partial charge in [0.15, 0.2) is 0 Å². The molecule has 1 atom stereocenters. The summed E-state index contributed by atoms with van der Waals surface area (Å²) in [5.74, 6) is 0. The van der Waals surface area contributed by atoms with E-state index in [4.69, 9.17) is 0 Å². The van der Waals surface area contributed by atoms with Crippen molar-refractivity contribution in [2.24, 2.45) is 0 Å². The first kappa shape index (κ1) is 10.9. The van der Waals surface area contributed by atoms with Crippen LogP contribution in [0.4, 0.5) is 0 Å². The van der Waals surface area contributed by atoms with E-state index in [0.717, 1.165) is 18.7 Å². The van der Waals surface area contributed by atoms with Gasteiger partial charge in [-0.2, -0.15) is 0 Å². The Hall–Kier alpha value is -1.61. The van der Waals surface area contributed by atoms with Gasteiger partial charge < -0.3 is 10.3 Å². The molecule has 2 N–H and O–H groups in total. The van der Waals surface area contributed by atoms with Gasteiger partial charge in [0, 0.05) is 24.5 Å². The molecule has 1 aromatic heterocycles. The van der Waals surface area contributed by atoms with Crippen molar-refractivity contribution < 1.29 is 0 Å². The minimum absolute atomic E-state index is 0.464. The van der Waals surface area contributed by atoms with Crippen LogP contribution < -0.4 is 5.32 Å². The van der Waals surface area contributed by atoms with Crippen LogP contribution in [0.25, 0.3) is 0 Å². The Morgan fingerprint density at radius 3 is 2.81 bits per heavy atom. The second-order valence-corrected chi connectivity index (χ2v) is 4.05. The zero-order valence-corrected chi connectivity index (χ0v) is 9.48. The van der Waals surface area contributed by atoms with Gasteiger partial charge in [-0.3, -0.25) is 0 Å². The molecule has 1 aromatic carbocycles. The van der Waals surface area contributed by atoms with E-state index in [1.807, 2.05) is 12.3 Å². The molecule has 16 heavy (non-hydrogen) atoms. The number of aromatic amines is 1. The van der Waals surface area contributed by atoms with E-state index in [1.54, 1.807) is 6.33 Å². The molecule has 0 aliphatic heterocycles. The third-order valence-electron chi connectivity index (χ3n) is 2.58. The van der Waals surface area contributed by atoms with E-state index in [2.05, 4.69) is 46.5 Å². The van der Waals surface area contributed by atoms with Crippen LogP contribution in [0, 0.1) is 0 Å². The Morgan fingerprint density at radius 1 is 1.31 bits per heavy atom. The highest BCUT2D eigenvalue weighted by Gasteiger charge is 2.03. The van der Waals surface area contributed by atoms with Crippen LogP contribution >= 0.6 is 0 Å². The lowest BCUT2D eigenvalue weighted by Crippen LogP contribution is -2.27. The Kier molecular flexibility index (Phi) is 3.72. The Bertz CT molecular complexity index is 394. The molecule has 0 saturated heterocycles. The summed E-state index contributed by atoms with van der Waals surface area (Å²) in [6.45, 7) is 3.04. The highest BCUT2D eigenvalue weighted by atomic mass is 14.9. The molecule has 1 heterocycles. The lowest BCUT2D eigenvalue weighted by molar-refractivity contribution is 0.541. The van der Waals surface area contributed by atoms with E-state index in [0.29, 0.717) is 6.04 Å². The van der Waals surface area contributed by atoms with Crippen molar-refractivity contribution in [2.75, 3.05) is 0 Å². The first-order chi connectivity index (χ1) is 7.84. The van der Waals surface area contributed by atoms with Gasteiger partial charge in [-0.15, -0.1) is 0 Å². The van der Waals surface area contributed by atoms with E-state index in [-0.39, 0.29) is 0 Å². The quantitative estimate of drug-likeness (QED) is 0.802. The SMILES string of the molecule is CC(Cc1ccccc1)NCc1cnc[nH]1. The fraction of sp³-hybridized carbons (Fsp3) is 0.308. The zero-order valence-electron chi connectivity index (χ0n) is 9.48. The highest BCUT2D eigenvalue weighted by molar-refractivity contribution is 5.15. The molecule has 0 saturated carbocycles. The number of nitrogens with one attached hydrogen (secondary N) is 2. The summed E-state index contributed by atoms with van der Waals surface area (Å²) in [4.78, 5) is 7.07. The van der Waals surface area contributed by atoms with Crippen LogP contribution in [0.5, 0.6) is 0 Å². The molecule has 3 heteroatoms. The summed E-state index contributed by atoms with van der Waals surface area (Å²) >= 11 is 0. The molecular weight excluding hydrogens is 198 g/mol. The van der Waals surface area contributed by atoms with Crippen LogP contribution in [0.2, 0.25) is 0 Å². The smallest absolute Gasteiger partial charge is 0.0922 e. The summed E-state index contributed by atoms with van der Waals surface area (Å²) < 4.78 is 0. The third kappa shape index (κ3) is 3.21. The predicted molar refractivity (Wildman–Crippen MR) is 65.0 cm³/mol. The van der Waals surface area contributed by atoms with Crippen molar-refractivity contribution in [3.8, 4) is 0 Å². The number of nitrogens with zero attached hydrogens (tertiary/aromatic N) is 1. The molecule has 2 rings (SSSR count). The summed E-state index contributed by atoms with van der Waals surface area (Å²) in [6.07, 6.45) is 4.61. The predicted octanol–water partition coefficient (Wildman–Crippen LogP) is 2.13. The number of hydrogen-bond acceptors (Lipinski definition) is 2. The molecule has 0 bridgehead atoms. The second-order valence-electron chi connectivity index (χ2n) is 4.05. The molecular formula is C13H17N3. The summed E-state index contributed by atoms with van der Waals surface area (Å²) in [6, 6.07) is 11.0. The van der Waals surface area contributed by atoms with Gasteiger partial charge in [-0.05, 0) is 18.9 Å². The number of H-pyrrole nitrogens is 1. The van der Waals surface area contributed by atoms with Crippen LogP contribution in [0.1, 0.15) is 18.2 Å². The van der Waals surface area contributed by atoms with Gasteiger partial charge in [0.25, 0.3) is 0 Å². The van der Waals surface area contributed by atoms with Crippen molar-refractivity contribution >= 4 is 0 Å². The monoisotopic (exact) mass is 215 g/mol. The topological polar surface area (TPSA) is 40.7 Å². The highest BCUT2D eigenvalue weighted by Crippen LogP contribution is 2.03. The molecule has 0 amide bonds. The maximum atomic E-state index is 3.99. The van der Waals surface area contributed by atoms with E-state index >= 15 is 0 Å². The van der Waals surface area contributed by atoms with Crippen molar-refractivity contribution in [1.29, 1.82) is 0 Å². The maximum absolute atomic E-state index is 3.99. The zero-order chi connectivity index (χ0) is 11.2. The molecule has 2 aromatic rings.